The van der Waals surface area contributed by atoms with Crippen molar-refractivity contribution >= 4 is 26.0 Å². The normalized spacial score (nSPS) is 12.0. The molecular weight excluding hydrogens is 290 g/mol. The fourth-order valence-electron chi connectivity index (χ4n) is 1.49. The van der Waals surface area contributed by atoms with E-state index < -0.39 is 10.0 Å². The van der Waals surface area contributed by atoms with Crippen molar-refractivity contribution in [3.8, 4) is 0 Å². The first-order valence-corrected chi connectivity index (χ1v) is 7.52. The molecule has 1 aromatic carbocycles. The van der Waals surface area contributed by atoms with Crippen LogP contribution in [0.3, 0.4) is 0 Å². The van der Waals surface area contributed by atoms with Crippen molar-refractivity contribution in [2.24, 2.45) is 0 Å². The highest BCUT2D eigenvalue weighted by Crippen LogP contribution is 2.24. The van der Waals surface area contributed by atoms with E-state index in [2.05, 4.69) is 15.9 Å². The summed E-state index contributed by atoms with van der Waals surface area (Å²) in [6.07, 6.45) is 0.817. The highest BCUT2D eigenvalue weighted by Gasteiger charge is 2.23. The van der Waals surface area contributed by atoms with Crippen LogP contribution < -0.4 is 0 Å². The van der Waals surface area contributed by atoms with Gasteiger partial charge in [-0.2, -0.15) is 4.31 Å². The summed E-state index contributed by atoms with van der Waals surface area (Å²) in [5, 5.41) is 0. The molecule has 0 spiro atoms. The molecule has 0 saturated carbocycles. The Morgan fingerprint density at radius 3 is 2.38 bits per heavy atom. The third kappa shape index (κ3) is 2.84. The summed E-state index contributed by atoms with van der Waals surface area (Å²) in [7, 11) is -3.36. The Morgan fingerprint density at radius 2 is 1.88 bits per heavy atom. The second-order valence-corrected chi connectivity index (χ2v) is 6.19. The molecule has 1 rings (SSSR count). The zero-order chi connectivity index (χ0) is 12.2. The molecule has 0 unspecified atom stereocenters. The van der Waals surface area contributed by atoms with Gasteiger partial charge in [0.05, 0.1) is 4.90 Å². The van der Waals surface area contributed by atoms with E-state index in [9.17, 15) is 8.42 Å². The van der Waals surface area contributed by atoms with Crippen LogP contribution in [0.5, 0.6) is 0 Å². The predicted octanol–water partition coefficient (Wildman–Crippen LogP) is 2.87. The van der Waals surface area contributed by atoms with Gasteiger partial charge in [0.15, 0.2) is 0 Å². The highest BCUT2D eigenvalue weighted by molar-refractivity contribution is 9.10. The molecule has 90 valence electrons. The van der Waals surface area contributed by atoms with Gasteiger partial charge in [-0.15, -0.1) is 0 Å². The Hall–Kier alpha value is -0.390. The minimum atomic E-state index is -3.36. The van der Waals surface area contributed by atoms with Gasteiger partial charge in [-0.05, 0) is 34.5 Å². The van der Waals surface area contributed by atoms with Crippen molar-refractivity contribution in [1.82, 2.24) is 4.31 Å². The van der Waals surface area contributed by atoms with E-state index in [1.54, 1.807) is 24.3 Å². The van der Waals surface area contributed by atoms with E-state index in [4.69, 9.17) is 0 Å². The van der Waals surface area contributed by atoms with Gasteiger partial charge >= 0.3 is 0 Å². The summed E-state index contributed by atoms with van der Waals surface area (Å²) in [4.78, 5) is 0.338. The summed E-state index contributed by atoms with van der Waals surface area (Å²) in [5.41, 5.74) is 0. The number of hydrogen-bond acceptors (Lipinski definition) is 2. The van der Waals surface area contributed by atoms with E-state index >= 15 is 0 Å². The average molecular weight is 306 g/mol. The van der Waals surface area contributed by atoms with Gasteiger partial charge in [-0.3, -0.25) is 0 Å². The number of benzene rings is 1. The maximum Gasteiger partial charge on any atom is 0.244 e. The molecule has 1 aromatic rings. The molecule has 0 radical (unpaired) electrons. The van der Waals surface area contributed by atoms with Gasteiger partial charge in [-0.25, -0.2) is 8.42 Å². The van der Waals surface area contributed by atoms with E-state index in [1.807, 2.05) is 13.8 Å². The number of rotatable bonds is 5. The van der Waals surface area contributed by atoms with Crippen LogP contribution >= 0.6 is 15.9 Å². The van der Waals surface area contributed by atoms with Crippen LogP contribution in [0.2, 0.25) is 0 Å². The largest absolute Gasteiger partial charge is 0.244 e. The standard InChI is InChI=1S/C11H16BrNO2S/c1-3-9-13(4-2)16(14,15)11-8-6-5-7-10(11)12/h5-8H,3-4,9H2,1-2H3. The second-order valence-electron chi connectivity index (χ2n) is 3.43. The van der Waals surface area contributed by atoms with Gasteiger partial charge in [0, 0.05) is 17.6 Å². The SMILES string of the molecule is CCCN(CC)S(=O)(=O)c1ccccc1Br. The van der Waals surface area contributed by atoms with E-state index in [0.717, 1.165) is 6.42 Å². The molecule has 0 bridgehead atoms. The maximum absolute atomic E-state index is 12.3. The Morgan fingerprint density at radius 1 is 1.25 bits per heavy atom. The third-order valence-corrected chi connectivity index (χ3v) is 5.27. The molecule has 0 fully saturated rings. The van der Waals surface area contributed by atoms with Crippen molar-refractivity contribution in [3.63, 3.8) is 0 Å². The van der Waals surface area contributed by atoms with Crippen molar-refractivity contribution < 1.29 is 8.42 Å². The Balaban J connectivity index is 3.15. The zero-order valence-electron chi connectivity index (χ0n) is 9.48. The molecule has 5 heteroatoms. The van der Waals surface area contributed by atoms with Crippen molar-refractivity contribution in [3.05, 3.63) is 28.7 Å². The molecule has 0 aliphatic rings. The monoisotopic (exact) mass is 305 g/mol. The van der Waals surface area contributed by atoms with Gasteiger partial charge in [0.2, 0.25) is 10.0 Å². The summed E-state index contributed by atoms with van der Waals surface area (Å²) >= 11 is 3.27. The summed E-state index contributed by atoms with van der Waals surface area (Å²) < 4.78 is 26.6. The van der Waals surface area contributed by atoms with Crippen LogP contribution in [0.15, 0.2) is 33.6 Å². The lowest BCUT2D eigenvalue weighted by atomic mass is 10.4. The zero-order valence-corrected chi connectivity index (χ0v) is 11.9. The van der Waals surface area contributed by atoms with Gasteiger partial charge < -0.3 is 0 Å². The maximum atomic E-state index is 12.3. The molecule has 3 nitrogen and oxygen atoms in total. The molecule has 0 heterocycles. The molecule has 0 N–H and O–H groups in total. The van der Waals surface area contributed by atoms with E-state index in [0.29, 0.717) is 22.5 Å². The van der Waals surface area contributed by atoms with Gasteiger partial charge in [0.25, 0.3) is 0 Å². The van der Waals surface area contributed by atoms with Crippen LogP contribution in [-0.2, 0) is 10.0 Å². The first-order chi connectivity index (χ1) is 7.54. The Labute approximate surface area is 106 Å². The summed E-state index contributed by atoms with van der Waals surface area (Å²) in [5.74, 6) is 0. The summed E-state index contributed by atoms with van der Waals surface area (Å²) in [6.45, 7) is 4.87. The van der Waals surface area contributed by atoms with Crippen LogP contribution in [0.25, 0.3) is 0 Å². The van der Waals surface area contributed by atoms with Crippen LogP contribution in [0, 0.1) is 0 Å². The minimum absolute atomic E-state index is 0.338. The molecule has 0 aliphatic heterocycles. The molecular formula is C11H16BrNO2S. The first kappa shape index (κ1) is 13.7. The van der Waals surface area contributed by atoms with E-state index in [1.165, 1.54) is 4.31 Å². The fourth-order valence-corrected chi connectivity index (χ4v) is 4.00. The number of hydrogen-bond donors (Lipinski definition) is 0. The van der Waals surface area contributed by atoms with Crippen molar-refractivity contribution in [2.45, 2.75) is 25.2 Å². The third-order valence-electron chi connectivity index (χ3n) is 2.28. The molecule has 16 heavy (non-hydrogen) atoms. The van der Waals surface area contributed by atoms with Gasteiger partial charge in [-0.1, -0.05) is 26.0 Å². The predicted molar refractivity (Wildman–Crippen MR) is 68.9 cm³/mol. The molecule has 0 aromatic heterocycles. The van der Waals surface area contributed by atoms with Crippen molar-refractivity contribution in [2.75, 3.05) is 13.1 Å². The quantitative estimate of drug-likeness (QED) is 0.839. The fraction of sp³-hybridized carbons (Fsp3) is 0.455. The lowest BCUT2D eigenvalue weighted by Crippen LogP contribution is -2.31. The Bertz CT molecular complexity index is 445. The highest BCUT2D eigenvalue weighted by atomic mass is 79.9. The smallest absolute Gasteiger partial charge is 0.207 e. The molecule has 0 atom stereocenters. The Kier molecular flexibility index (Phi) is 4.95. The van der Waals surface area contributed by atoms with Crippen LogP contribution in [0.1, 0.15) is 20.3 Å². The van der Waals surface area contributed by atoms with E-state index in [-0.39, 0.29) is 0 Å². The lowest BCUT2D eigenvalue weighted by Gasteiger charge is -2.20. The number of sulfonamides is 1. The van der Waals surface area contributed by atoms with Crippen molar-refractivity contribution in [1.29, 1.82) is 0 Å². The number of nitrogens with zero attached hydrogens (tertiary/aromatic N) is 1. The molecule has 0 saturated heterocycles. The van der Waals surface area contributed by atoms with Crippen LogP contribution in [0.4, 0.5) is 0 Å². The number of halogens is 1. The van der Waals surface area contributed by atoms with Crippen LogP contribution in [-0.4, -0.2) is 25.8 Å². The second kappa shape index (κ2) is 5.80. The summed E-state index contributed by atoms with van der Waals surface area (Å²) in [6, 6.07) is 6.90. The van der Waals surface area contributed by atoms with Gasteiger partial charge in [0.1, 0.15) is 0 Å². The first-order valence-electron chi connectivity index (χ1n) is 5.28. The topological polar surface area (TPSA) is 37.4 Å². The molecule has 0 aliphatic carbocycles. The lowest BCUT2D eigenvalue weighted by molar-refractivity contribution is 0.427. The average Bonchev–Trinajstić information content (AvgIpc) is 2.26. The molecule has 0 amide bonds. The minimum Gasteiger partial charge on any atom is -0.207 e.